The van der Waals surface area contributed by atoms with Crippen molar-refractivity contribution >= 4 is 15.9 Å². The first-order valence-corrected chi connectivity index (χ1v) is 6.13. The van der Waals surface area contributed by atoms with Crippen molar-refractivity contribution in [1.82, 2.24) is 9.88 Å². The van der Waals surface area contributed by atoms with Gasteiger partial charge in [-0.1, -0.05) is 0 Å². The molecular formula is C11H16BrN3. The highest BCUT2D eigenvalue weighted by Gasteiger charge is 2.22. The molecule has 0 amide bonds. The van der Waals surface area contributed by atoms with E-state index in [1.54, 1.807) is 0 Å². The summed E-state index contributed by atoms with van der Waals surface area (Å²) in [7, 11) is 0. The summed E-state index contributed by atoms with van der Waals surface area (Å²) in [6.07, 6.45) is 4.35. The van der Waals surface area contributed by atoms with Gasteiger partial charge in [-0.05, 0) is 53.0 Å². The van der Waals surface area contributed by atoms with E-state index in [-0.39, 0.29) is 0 Å². The molecule has 1 aromatic rings. The first-order chi connectivity index (χ1) is 7.29. The lowest BCUT2D eigenvalue weighted by molar-refractivity contribution is 0.250. The van der Waals surface area contributed by atoms with Gasteiger partial charge in [0.25, 0.3) is 0 Å². The summed E-state index contributed by atoms with van der Waals surface area (Å²) in [5.74, 6) is 0. The highest BCUT2D eigenvalue weighted by Crippen LogP contribution is 2.19. The number of rotatable bonds is 3. The van der Waals surface area contributed by atoms with E-state index in [0.29, 0.717) is 6.04 Å². The molecule has 2 rings (SSSR count). The van der Waals surface area contributed by atoms with Gasteiger partial charge in [0.05, 0.1) is 0 Å². The second-order valence-corrected chi connectivity index (χ2v) is 4.80. The van der Waals surface area contributed by atoms with Gasteiger partial charge in [0, 0.05) is 25.3 Å². The summed E-state index contributed by atoms with van der Waals surface area (Å²) in [6, 6.07) is 4.71. The standard InChI is InChI=1S/C11H16BrN3/c12-11-6-9(3-4-14-11)8-15-5-1-2-10(15)7-13/h3-4,6,10H,1-2,5,7-8,13H2/t10-/m0/s1. The van der Waals surface area contributed by atoms with Gasteiger partial charge in [-0.3, -0.25) is 4.90 Å². The zero-order valence-corrected chi connectivity index (χ0v) is 10.3. The Hall–Kier alpha value is -0.450. The zero-order chi connectivity index (χ0) is 10.7. The van der Waals surface area contributed by atoms with Gasteiger partial charge < -0.3 is 5.73 Å². The first-order valence-electron chi connectivity index (χ1n) is 5.34. The Balaban J connectivity index is 2.02. The van der Waals surface area contributed by atoms with Crippen LogP contribution in [0.15, 0.2) is 22.9 Å². The first kappa shape index (κ1) is 11.0. The van der Waals surface area contributed by atoms with Crippen molar-refractivity contribution in [2.24, 2.45) is 5.73 Å². The molecular weight excluding hydrogens is 254 g/mol. The Morgan fingerprint density at radius 3 is 3.20 bits per heavy atom. The van der Waals surface area contributed by atoms with Crippen LogP contribution in [-0.2, 0) is 6.54 Å². The third-order valence-electron chi connectivity index (χ3n) is 2.95. The second kappa shape index (κ2) is 5.05. The van der Waals surface area contributed by atoms with Crippen molar-refractivity contribution in [1.29, 1.82) is 0 Å². The monoisotopic (exact) mass is 269 g/mol. The molecule has 4 heteroatoms. The van der Waals surface area contributed by atoms with E-state index < -0.39 is 0 Å². The number of hydrogen-bond acceptors (Lipinski definition) is 3. The largest absolute Gasteiger partial charge is 0.329 e. The third-order valence-corrected chi connectivity index (χ3v) is 3.38. The molecule has 0 aliphatic carbocycles. The normalized spacial score (nSPS) is 22.1. The maximum Gasteiger partial charge on any atom is 0.106 e. The summed E-state index contributed by atoms with van der Waals surface area (Å²) < 4.78 is 0.906. The molecule has 15 heavy (non-hydrogen) atoms. The molecule has 0 bridgehead atoms. The predicted octanol–water partition coefficient (Wildman–Crippen LogP) is 1.77. The molecule has 82 valence electrons. The van der Waals surface area contributed by atoms with Crippen molar-refractivity contribution in [2.75, 3.05) is 13.1 Å². The lowest BCUT2D eigenvalue weighted by Crippen LogP contribution is -2.34. The molecule has 0 unspecified atom stereocenters. The number of halogens is 1. The van der Waals surface area contributed by atoms with Crippen LogP contribution in [0.25, 0.3) is 0 Å². The van der Waals surface area contributed by atoms with E-state index in [2.05, 4.69) is 37.9 Å². The van der Waals surface area contributed by atoms with E-state index >= 15 is 0 Å². The van der Waals surface area contributed by atoms with E-state index in [1.807, 2.05) is 6.20 Å². The van der Waals surface area contributed by atoms with Gasteiger partial charge >= 0.3 is 0 Å². The van der Waals surface area contributed by atoms with Crippen molar-refractivity contribution in [3.63, 3.8) is 0 Å². The molecule has 0 radical (unpaired) electrons. The van der Waals surface area contributed by atoms with Crippen molar-refractivity contribution in [2.45, 2.75) is 25.4 Å². The molecule has 1 saturated heterocycles. The summed E-state index contributed by atoms with van der Waals surface area (Å²) in [5, 5.41) is 0. The molecule has 1 aromatic heterocycles. The van der Waals surface area contributed by atoms with Crippen LogP contribution >= 0.6 is 15.9 Å². The van der Waals surface area contributed by atoms with E-state index in [4.69, 9.17) is 5.73 Å². The van der Waals surface area contributed by atoms with Crippen LogP contribution in [0.1, 0.15) is 18.4 Å². The Kier molecular flexibility index (Phi) is 3.72. The molecule has 0 aromatic carbocycles. The lowest BCUT2D eigenvalue weighted by atomic mass is 10.2. The summed E-state index contributed by atoms with van der Waals surface area (Å²) in [5.41, 5.74) is 7.05. The smallest absolute Gasteiger partial charge is 0.106 e. The summed E-state index contributed by atoms with van der Waals surface area (Å²) in [6.45, 7) is 2.93. The molecule has 0 spiro atoms. The summed E-state index contributed by atoms with van der Waals surface area (Å²) in [4.78, 5) is 6.59. The number of pyridine rings is 1. The van der Waals surface area contributed by atoms with Crippen LogP contribution < -0.4 is 5.73 Å². The minimum atomic E-state index is 0.567. The average molecular weight is 270 g/mol. The second-order valence-electron chi connectivity index (χ2n) is 3.99. The van der Waals surface area contributed by atoms with Crippen molar-refractivity contribution < 1.29 is 0 Å². The van der Waals surface area contributed by atoms with E-state index in [1.165, 1.54) is 24.9 Å². The van der Waals surface area contributed by atoms with Gasteiger partial charge in [0.2, 0.25) is 0 Å². The van der Waals surface area contributed by atoms with Crippen molar-refractivity contribution in [3.05, 3.63) is 28.5 Å². The average Bonchev–Trinajstić information content (AvgIpc) is 2.65. The third kappa shape index (κ3) is 2.77. The van der Waals surface area contributed by atoms with Crippen LogP contribution in [0.3, 0.4) is 0 Å². The fourth-order valence-electron chi connectivity index (χ4n) is 2.15. The van der Waals surface area contributed by atoms with Crippen LogP contribution in [0.4, 0.5) is 0 Å². The van der Waals surface area contributed by atoms with E-state index in [0.717, 1.165) is 17.7 Å². The Morgan fingerprint density at radius 1 is 1.60 bits per heavy atom. The molecule has 1 aliphatic rings. The molecule has 2 N–H and O–H groups in total. The molecule has 2 heterocycles. The summed E-state index contributed by atoms with van der Waals surface area (Å²) >= 11 is 3.39. The maximum atomic E-state index is 5.74. The number of nitrogens with two attached hydrogens (primary N) is 1. The van der Waals surface area contributed by atoms with Crippen molar-refractivity contribution in [3.8, 4) is 0 Å². The van der Waals surface area contributed by atoms with Gasteiger partial charge in [0.1, 0.15) is 4.60 Å². The molecule has 1 aliphatic heterocycles. The highest BCUT2D eigenvalue weighted by atomic mass is 79.9. The van der Waals surface area contributed by atoms with Crippen LogP contribution in [0.2, 0.25) is 0 Å². The predicted molar refractivity (Wildman–Crippen MR) is 64.4 cm³/mol. The van der Waals surface area contributed by atoms with Gasteiger partial charge in [-0.25, -0.2) is 4.98 Å². The Morgan fingerprint density at radius 2 is 2.47 bits per heavy atom. The molecule has 0 saturated carbocycles. The highest BCUT2D eigenvalue weighted by molar-refractivity contribution is 9.10. The number of likely N-dealkylation sites (tertiary alicyclic amines) is 1. The number of hydrogen-bond donors (Lipinski definition) is 1. The van der Waals surface area contributed by atoms with Gasteiger partial charge in [-0.15, -0.1) is 0 Å². The lowest BCUT2D eigenvalue weighted by Gasteiger charge is -2.22. The number of aromatic nitrogens is 1. The van der Waals surface area contributed by atoms with Crippen LogP contribution in [0.5, 0.6) is 0 Å². The maximum absolute atomic E-state index is 5.74. The molecule has 1 atom stereocenters. The molecule has 1 fully saturated rings. The quantitative estimate of drug-likeness (QED) is 0.851. The topological polar surface area (TPSA) is 42.1 Å². The van der Waals surface area contributed by atoms with Crippen LogP contribution in [-0.4, -0.2) is 29.0 Å². The van der Waals surface area contributed by atoms with Crippen LogP contribution in [0, 0.1) is 0 Å². The van der Waals surface area contributed by atoms with Gasteiger partial charge in [0.15, 0.2) is 0 Å². The minimum absolute atomic E-state index is 0.567. The number of nitrogens with zero attached hydrogens (tertiary/aromatic N) is 2. The Bertz CT molecular complexity index is 329. The fourth-order valence-corrected chi connectivity index (χ4v) is 2.56. The fraction of sp³-hybridized carbons (Fsp3) is 0.545. The SMILES string of the molecule is NC[C@@H]1CCCN1Cc1ccnc(Br)c1. The van der Waals surface area contributed by atoms with Gasteiger partial charge in [-0.2, -0.15) is 0 Å². The Labute approximate surface area is 98.8 Å². The molecule has 3 nitrogen and oxygen atoms in total. The zero-order valence-electron chi connectivity index (χ0n) is 8.69. The minimum Gasteiger partial charge on any atom is -0.329 e. The van der Waals surface area contributed by atoms with E-state index in [9.17, 15) is 0 Å².